The first-order valence-corrected chi connectivity index (χ1v) is 10.5. The third kappa shape index (κ3) is 7.11. The number of guanidine groups is 1. The molecular formula is C21H28IN5OS. The van der Waals surface area contributed by atoms with Crippen LogP contribution in [0.25, 0.3) is 11.5 Å². The first-order valence-electron chi connectivity index (χ1n) is 9.65. The summed E-state index contributed by atoms with van der Waals surface area (Å²) in [6.07, 6.45) is 5.56. The Morgan fingerprint density at radius 1 is 1.17 bits per heavy atom. The molecule has 3 aromatic rings. The second kappa shape index (κ2) is 11.9. The van der Waals surface area contributed by atoms with Crippen LogP contribution in [-0.2, 0) is 19.4 Å². The maximum absolute atomic E-state index is 5.61. The predicted octanol–water partition coefficient (Wildman–Crippen LogP) is 4.58. The normalized spacial score (nSPS) is 11.2. The largest absolute Gasteiger partial charge is 0.444 e. The molecule has 1 aromatic carbocycles. The van der Waals surface area contributed by atoms with E-state index >= 15 is 0 Å². The van der Waals surface area contributed by atoms with Gasteiger partial charge in [0, 0.05) is 36.1 Å². The molecule has 0 spiro atoms. The number of hydrogen-bond donors (Lipinski definition) is 2. The van der Waals surface area contributed by atoms with Gasteiger partial charge < -0.3 is 15.1 Å². The fourth-order valence-electron chi connectivity index (χ4n) is 2.63. The summed E-state index contributed by atoms with van der Waals surface area (Å²) in [6.45, 7) is 8.32. The van der Waals surface area contributed by atoms with Crippen molar-refractivity contribution >= 4 is 41.3 Å². The summed E-state index contributed by atoms with van der Waals surface area (Å²) in [5.41, 5.74) is 2.99. The topological polar surface area (TPSA) is 75.3 Å². The van der Waals surface area contributed by atoms with E-state index in [0.717, 1.165) is 48.2 Å². The molecule has 6 nitrogen and oxygen atoms in total. The van der Waals surface area contributed by atoms with Crippen molar-refractivity contribution in [2.45, 2.75) is 40.2 Å². The molecule has 0 bridgehead atoms. The molecule has 0 saturated heterocycles. The monoisotopic (exact) mass is 525 g/mol. The highest BCUT2D eigenvalue weighted by molar-refractivity contribution is 14.0. The van der Waals surface area contributed by atoms with Crippen molar-refractivity contribution in [3.63, 3.8) is 0 Å². The average molecular weight is 525 g/mol. The van der Waals surface area contributed by atoms with Crippen molar-refractivity contribution in [1.82, 2.24) is 20.6 Å². The minimum atomic E-state index is 0. The fourth-order valence-corrected chi connectivity index (χ4v) is 3.49. The van der Waals surface area contributed by atoms with Gasteiger partial charge in [-0.3, -0.25) is 0 Å². The Bertz CT molecular complexity index is 904. The summed E-state index contributed by atoms with van der Waals surface area (Å²) in [4.78, 5) is 14.9. The maximum atomic E-state index is 5.61. The van der Waals surface area contributed by atoms with Gasteiger partial charge in [-0.25, -0.2) is 15.0 Å². The van der Waals surface area contributed by atoms with Gasteiger partial charge in [-0.15, -0.1) is 35.3 Å². The SMILES string of the molecule is CCNC(=NCc1coc(-c2ccc(C)cc2)n1)NCCc1ncc(CC)s1.I. The van der Waals surface area contributed by atoms with E-state index in [1.807, 2.05) is 18.3 Å². The molecule has 8 heteroatoms. The van der Waals surface area contributed by atoms with Crippen LogP contribution in [-0.4, -0.2) is 29.0 Å². The second-order valence-electron chi connectivity index (χ2n) is 6.46. The molecule has 0 unspecified atom stereocenters. The molecule has 0 aliphatic carbocycles. The first-order chi connectivity index (χ1) is 13.7. The number of nitrogens with one attached hydrogen (secondary N) is 2. The number of nitrogens with zero attached hydrogens (tertiary/aromatic N) is 3. The molecule has 0 saturated carbocycles. The van der Waals surface area contributed by atoms with Gasteiger partial charge in [0.05, 0.1) is 11.6 Å². The Hall–Kier alpha value is -1.94. The van der Waals surface area contributed by atoms with Crippen molar-refractivity contribution in [3.8, 4) is 11.5 Å². The zero-order valence-corrected chi connectivity index (χ0v) is 20.2. The van der Waals surface area contributed by atoms with Crippen molar-refractivity contribution in [2.24, 2.45) is 4.99 Å². The number of thiazole rings is 1. The number of aryl methyl sites for hydroxylation is 2. The number of rotatable bonds is 8. The molecule has 2 N–H and O–H groups in total. The van der Waals surface area contributed by atoms with Gasteiger partial charge >= 0.3 is 0 Å². The highest BCUT2D eigenvalue weighted by atomic mass is 127. The second-order valence-corrected chi connectivity index (χ2v) is 7.66. The molecule has 0 aliphatic heterocycles. The number of oxazole rings is 1. The Kier molecular flexibility index (Phi) is 9.59. The van der Waals surface area contributed by atoms with Gasteiger partial charge in [0.2, 0.25) is 5.89 Å². The molecule has 29 heavy (non-hydrogen) atoms. The standard InChI is InChI=1S/C21H27N5OS.HI/c1-4-18-13-24-19(28-18)10-11-23-21(22-5-2)25-12-17-14-27-20(26-17)16-8-6-15(3)7-9-16;/h6-9,13-14H,4-5,10-12H2,1-3H3,(H2,22,23,25);1H. The molecule has 156 valence electrons. The summed E-state index contributed by atoms with van der Waals surface area (Å²) in [6, 6.07) is 8.14. The minimum Gasteiger partial charge on any atom is -0.444 e. The average Bonchev–Trinajstić information content (AvgIpc) is 3.36. The summed E-state index contributed by atoms with van der Waals surface area (Å²) in [7, 11) is 0. The predicted molar refractivity (Wildman–Crippen MR) is 130 cm³/mol. The Balaban J connectivity index is 0.00000300. The van der Waals surface area contributed by atoms with Crippen molar-refractivity contribution in [1.29, 1.82) is 0 Å². The van der Waals surface area contributed by atoms with Crippen LogP contribution in [0.15, 0.2) is 46.1 Å². The van der Waals surface area contributed by atoms with E-state index in [1.54, 1.807) is 17.6 Å². The summed E-state index contributed by atoms with van der Waals surface area (Å²) in [5, 5.41) is 7.77. The zero-order chi connectivity index (χ0) is 19.8. The Morgan fingerprint density at radius 2 is 1.97 bits per heavy atom. The van der Waals surface area contributed by atoms with E-state index in [-0.39, 0.29) is 24.0 Å². The maximum Gasteiger partial charge on any atom is 0.226 e. The van der Waals surface area contributed by atoms with E-state index in [4.69, 9.17) is 4.42 Å². The fraction of sp³-hybridized carbons (Fsp3) is 0.381. The number of hydrogen-bond acceptors (Lipinski definition) is 5. The number of aromatic nitrogens is 2. The van der Waals surface area contributed by atoms with E-state index in [2.05, 4.69) is 58.5 Å². The lowest BCUT2D eigenvalue weighted by Gasteiger charge is -2.10. The molecule has 2 aromatic heterocycles. The molecular weight excluding hydrogens is 497 g/mol. The van der Waals surface area contributed by atoms with Crippen LogP contribution in [0.5, 0.6) is 0 Å². The number of aliphatic imine (C=N–C) groups is 1. The van der Waals surface area contributed by atoms with Crippen LogP contribution < -0.4 is 10.6 Å². The van der Waals surface area contributed by atoms with Gasteiger partial charge in [0.25, 0.3) is 0 Å². The third-order valence-electron chi connectivity index (χ3n) is 4.17. The van der Waals surface area contributed by atoms with Crippen LogP contribution in [0, 0.1) is 6.92 Å². The number of benzene rings is 1. The van der Waals surface area contributed by atoms with Gasteiger partial charge in [0.15, 0.2) is 5.96 Å². The van der Waals surface area contributed by atoms with Crippen LogP contribution in [0.4, 0.5) is 0 Å². The zero-order valence-electron chi connectivity index (χ0n) is 17.1. The van der Waals surface area contributed by atoms with E-state index < -0.39 is 0 Å². The smallest absolute Gasteiger partial charge is 0.226 e. The first kappa shape index (κ1) is 23.3. The summed E-state index contributed by atoms with van der Waals surface area (Å²) >= 11 is 1.78. The molecule has 3 rings (SSSR count). The summed E-state index contributed by atoms with van der Waals surface area (Å²) in [5.74, 6) is 1.40. The van der Waals surface area contributed by atoms with Crippen LogP contribution in [0.3, 0.4) is 0 Å². The molecule has 0 fully saturated rings. The van der Waals surface area contributed by atoms with E-state index in [9.17, 15) is 0 Å². The molecule has 0 atom stereocenters. The van der Waals surface area contributed by atoms with Crippen molar-refractivity contribution in [2.75, 3.05) is 13.1 Å². The number of halogens is 1. The van der Waals surface area contributed by atoms with Crippen LogP contribution in [0.2, 0.25) is 0 Å². The summed E-state index contributed by atoms with van der Waals surface area (Å²) < 4.78 is 5.61. The molecule has 2 heterocycles. The molecule has 0 aliphatic rings. The van der Waals surface area contributed by atoms with Gasteiger partial charge in [-0.2, -0.15) is 0 Å². The van der Waals surface area contributed by atoms with Crippen molar-refractivity contribution in [3.05, 3.63) is 57.9 Å². The van der Waals surface area contributed by atoms with Gasteiger partial charge in [-0.05, 0) is 32.4 Å². The molecule has 0 amide bonds. The lowest BCUT2D eigenvalue weighted by Crippen LogP contribution is -2.38. The van der Waals surface area contributed by atoms with Crippen LogP contribution >= 0.6 is 35.3 Å². The van der Waals surface area contributed by atoms with Crippen LogP contribution in [0.1, 0.15) is 35.0 Å². The Labute approximate surface area is 193 Å². The van der Waals surface area contributed by atoms with Crippen molar-refractivity contribution < 1.29 is 4.42 Å². The quantitative estimate of drug-likeness (QED) is 0.256. The third-order valence-corrected chi connectivity index (χ3v) is 5.38. The highest BCUT2D eigenvalue weighted by Crippen LogP contribution is 2.19. The lowest BCUT2D eigenvalue weighted by molar-refractivity contribution is 0.572. The van der Waals surface area contributed by atoms with Gasteiger partial charge in [0.1, 0.15) is 12.0 Å². The van der Waals surface area contributed by atoms with Gasteiger partial charge in [-0.1, -0.05) is 24.6 Å². The highest BCUT2D eigenvalue weighted by Gasteiger charge is 2.07. The lowest BCUT2D eigenvalue weighted by atomic mass is 10.1. The molecule has 0 radical (unpaired) electrons. The Morgan fingerprint density at radius 3 is 2.66 bits per heavy atom. The van der Waals surface area contributed by atoms with E-state index in [0.29, 0.717) is 12.4 Å². The van der Waals surface area contributed by atoms with E-state index in [1.165, 1.54) is 10.4 Å². The minimum absolute atomic E-state index is 0.